The van der Waals surface area contributed by atoms with Gasteiger partial charge in [-0.25, -0.2) is 9.59 Å². The van der Waals surface area contributed by atoms with Crippen LogP contribution in [0.4, 0.5) is 9.59 Å². The Bertz CT molecular complexity index is 361. The summed E-state index contributed by atoms with van der Waals surface area (Å²) < 4.78 is 4.51. The molecule has 3 amide bonds. The standard InChI is InChI=1S/C12H21N3O5/c13-11(18)20-7-5-14-12(19)15-6-1-2-9(8-15)3-4-10(16)17/h9H,1-8H2,(H2,13,18)(H,14,19)(H,16,17). The van der Waals surface area contributed by atoms with E-state index in [1.165, 1.54) is 0 Å². The summed E-state index contributed by atoms with van der Waals surface area (Å²) in [5.41, 5.74) is 4.80. The van der Waals surface area contributed by atoms with Gasteiger partial charge in [0.25, 0.3) is 0 Å². The number of ether oxygens (including phenoxy) is 1. The lowest BCUT2D eigenvalue weighted by molar-refractivity contribution is -0.137. The number of carbonyl (C=O) groups is 3. The van der Waals surface area contributed by atoms with Gasteiger partial charge in [-0.15, -0.1) is 0 Å². The molecule has 0 aromatic carbocycles. The lowest BCUT2D eigenvalue weighted by Crippen LogP contribution is -2.46. The number of nitrogens with zero attached hydrogens (tertiary/aromatic N) is 1. The molecular weight excluding hydrogens is 266 g/mol. The highest BCUT2D eigenvalue weighted by Crippen LogP contribution is 2.20. The number of urea groups is 1. The molecular formula is C12H21N3O5. The predicted molar refractivity (Wildman–Crippen MR) is 70.1 cm³/mol. The van der Waals surface area contributed by atoms with Gasteiger partial charge in [0, 0.05) is 19.5 Å². The number of carboxylic acids is 1. The molecule has 0 aromatic heterocycles. The molecule has 8 heteroatoms. The Labute approximate surface area is 117 Å². The second kappa shape index (κ2) is 8.23. The maximum absolute atomic E-state index is 11.9. The largest absolute Gasteiger partial charge is 0.481 e. The van der Waals surface area contributed by atoms with Crippen molar-refractivity contribution in [2.24, 2.45) is 11.7 Å². The first kappa shape index (κ1) is 16.1. The van der Waals surface area contributed by atoms with Gasteiger partial charge in [-0.05, 0) is 25.2 Å². The summed E-state index contributed by atoms with van der Waals surface area (Å²) in [7, 11) is 0. The van der Waals surface area contributed by atoms with Crippen LogP contribution in [-0.4, -0.2) is 54.3 Å². The van der Waals surface area contributed by atoms with Crippen LogP contribution in [0.5, 0.6) is 0 Å². The molecule has 0 radical (unpaired) electrons. The van der Waals surface area contributed by atoms with Gasteiger partial charge in [0.1, 0.15) is 6.61 Å². The molecule has 0 spiro atoms. The summed E-state index contributed by atoms with van der Waals surface area (Å²) in [4.78, 5) is 34.4. The Morgan fingerprint density at radius 3 is 2.80 bits per heavy atom. The fraction of sp³-hybridized carbons (Fsp3) is 0.750. The smallest absolute Gasteiger partial charge is 0.404 e. The fourth-order valence-corrected chi connectivity index (χ4v) is 2.23. The van der Waals surface area contributed by atoms with Crippen molar-refractivity contribution in [3.63, 3.8) is 0 Å². The van der Waals surface area contributed by atoms with E-state index in [0.717, 1.165) is 12.8 Å². The Kier molecular flexibility index (Phi) is 6.61. The van der Waals surface area contributed by atoms with E-state index in [0.29, 0.717) is 19.5 Å². The first-order valence-corrected chi connectivity index (χ1v) is 6.66. The number of hydrogen-bond donors (Lipinski definition) is 3. The van der Waals surface area contributed by atoms with E-state index in [1.807, 2.05) is 0 Å². The molecule has 1 saturated heterocycles. The van der Waals surface area contributed by atoms with Crippen molar-refractivity contribution in [1.29, 1.82) is 0 Å². The van der Waals surface area contributed by atoms with Crippen molar-refractivity contribution in [2.75, 3.05) is 26.2 Å². The molecule has 4 N–H and O–H groups in total. The lowest BCUT2D eigenvalue weighted by atomic mass is 9.93. The SMILES string of the molecule is NC(=O)OCCNC(=O)N1CCCC(CCC(=O)O)C1. The Balaban J connectivity index is 2.25. The minimum atomic E-state index is -0.869. The first-order valence-electron chi connectivity index (χ1n) is 6.66. The number of rotatable bonds is 6. The molecule has 0 saturated carbocycles. The summed E-state index contributed by atoms with van der Waals surface area (Å²) in [5, 5.41) is 11.3. The first-order chi connectivity index (χ1) is 9.49. The normalized spacial score (nSPS) is 18.4. The van der Waals surface area contributed by atoms with E-state index in [1.54, 1.807) is 4.90 Å². The van der Waals surface area contributed by atoms with Crippen molar-refractivity contribution in [3.05, 3.63) is 0 Å². The maximum Gasteiger partial charge on any atom is 0.404 e. The highest BCUT2D eigenvalue weighted by molar-refractivity contribution is 5.74. The number of primary amides is 1. The number of carboxylic acid groups (broad SMARTS) is 1. The third-order valence-electron chi connectivity index (χ3n) is 3.20. The van der Waals surface area contributed by atoms with Gasteiger partial charge in [0.2, 0.25) is 0 Å². The van der Waals surface area contributed by atoms with Crippen molar-refractivity contribution in [2.45, 2.75) is 25.7 Å². The minimum Gasteiger partial charge on any atom is -0.481 e. The average molecular weight is 287 g/mol. The number of aliphatic carboxylic acids is 1. The summed E-state index contributed by atoms with van der Waals surface area (Å²) in [5.74, 6) is -0.581. The van der Waals surface area contributed by atoms with Gasteiger partial charge < -0.3 is 25.8 Å². The molecule has 0 aliphatic carbocycles. The van der Waals surface area contributed by atoms with Crippen LogP contribution in [0.25, 0.3) is 0 Å². The fourth-order valence-electron chi connectivity index (χ4n) is 2.23. The number of piperidine rings is 1. The van der Waals surface area contributed by atoms with Gasteiger partial charge in [-0.3, -0.25) is 4.79 Å². The van der Waals surface area contributed by atoms with E-state index in [2.05, 4.69) is 10.1 Å². The molecule has 1 aliphatic rings. The van der Waals surface area contributed by atoms with Gasteiger partial charge in [-0.1, -0.05) is 0 Å². The highest BCUT2D eigenvalue weighted by atomic mass is 16.5. The highest BCUT2D eigenvalue weighted by Gasteiger charge is 2.23. The van der Waals surface area contributed by atoms with Crippen LogP contribution in [-0.2, 0) is 9.53 Å². The summed E-state index contributed by atoms with van der Waals surface area (Å²) in [6.07, 6.45) is 1.67. The average Bonchev–Trinajstić information content (AvgIpc) is 2.41. The Morgan fingerprint density at radius 2 is 2.15 bits per heavy atom. The molecule has 8 nitrogen and oxygen atoms in total. The molecule has 0 aromatic rings. The van der Waals surface area contributed by atoms with Crippen LogP contribution >= 0.6 is 0 Å². The predicted octanol–water partition coefficient (Wildman–Crippen LogP) is 0.368. The lowest BCUT2D eigenvalue weighted by Gasteiger charge is -2.32. The molecule has 1 atom stereocenters. The maximum atomic E-state index is 11.9. The molecule has 1 rings (SSSR count). The van der Waals surface area contributed by atoms with Crippen LogP contribution in [0.3, 0.4) is 0 Å². The molecule has 0 bridgehead atoms. The number of carbonyl (C=O) groups excluding carboxylic acids is 2. The molecule has 1 unspecified atom stereocenters. The van der Waals surface area contributed by atoms with E-state index in [-0.39, 0.29) is 31.5 Å². The van der Waals surface area contributed by atoms with E-state index >= 15 is 0 Å². The molecule has 1 heterocycles. The Morgan fingerprint density at radius 1 is 1.40 bits per heavy atom. The minimum absolute atomic E-state index is 0.0390. The second-order valence-electron chi connectivity index (χ2n) is 4.79. The number of nitrogens with two attached hydrogens (primary N) is 1. The molecule has 114 valence electrons. The number of hydrogen-bond acceptors (Lipinski definition) is 4. The zero-order chi connectivity index (χ0) is 15.0. The summed E-state index contributed by atoms with van der Waals surface area (Å²) >= 11 is 0. The van der Waals surface area contributed by atoms with Crippen LogP contribution < -0.4 is 11.1 Å². The van der Waals surface area contributed by atoms with E-state index in [4.69, 9.17) is 10.8 Å². The monoisotopic (exact) mass is 287 g/mol. The summed E-state index contributed by atoms with van der Waals surface area (Å²) in [6, 6.07) is -0.224. The van der Waals surface area contributed by atoms with Crippen LogP contribution in [0.15, 0.2) is 0 Å². The zero-order valence-electron chi connectivity index (χ0n) is 11.3. The van der Waals surface area contributed by atoms with Crippen molar-refractivity contribution < 1.29 is 24.2 Å². The molecule has 1 fully saturated rings. The zero-order valence-corrected chi connectivity index (χ0v) is 11.3. The van der Waals surface area contributed by atoms with E-state index < -0.39 is 12.1 Å². The van der Waals surface area contributed by atoms with Gasteiger partial charge in [0.15, 0.2) is 0 Å². The third-order valence-corrected chi connectivity index (χ3v) is 3.20. The van der Waals surface area contributed by atoms with Crippen molar-refractivity contribution >= 4 is 18.1 Å². The second-order valence-corrected chi connectivity index (χ2v) is 4.79. The van der Waals surface area contributed by atoms with Gasteiger partial charge in [-0.2, -0.15) is 0 Å². The van der Waals surface area contributed by atoms with Crippen LogP contribution in [0.2, 0.25) is 0 Å². The Hall–Kier alpha value is -1.99. The topological polar surface area (TPSA) is 122 Å². The number of amides is 3. The molecule has 20 heavy (non-hydrogen) atoms. The van der Waals surface area contributed by atoms with Crippen LogP contribution in [0, 0.1) is 5.92 Å². The number of nitrogens with one attached hydrogen (secondary N) is 1. The quantitative estimate of drug-likeness (QED) is 0.609. The van der Waals surface area contributed by atoms with Crippen molar-refractivity contribution in [1.82, 2.24) is 10.2 Å². The van der Waals surface area contributed by atoms with Crippen LogP contribution in [0.1, 0.15) is 25.7 Å². The number of likely N-dealkylation sites (tertiary alicyclic amines) is 1. The van der Waals surface area contributed by atoms with Gasteiger partial charge in [0.05, 0.1) is 6.54 Å². The summed E-state index contributed by atoms with van der Waals surface area (Å²) in [6.45, 7) is 1.47. The van der Waals surface area contributed by atoms with E-state index in [9.17, 15) is 14.4 Å². The van der Waals surface area contributed by atoms with Crippen molar-refractivity contribution in [3.8, 4) is 0 Å². The van der Waals surface area contributed by atoms with Gasteiger partial charge >= 0.3 is 18.1 Å². The third kappa shape index (κ3) is 6.26. The molecule has 1 aliphatic heterocycles.